The van der Waals surface area contributed by atoms with E-state index in [1.165, 1.54) is 12.1 Å². The molecule has 0 radical (unpaired) electrons. The van der Waals surface area contributed by atoms with Crippen molar-refractivity contribution in [2.24, 2.45) is 0 Å². The molecule has 110 valence electrons. The lowest BCUT2D eigenvalue weighted by Gasteiger charge is -2.20. The van der Waals surface area contributed by atoms with Gasteiger partial charge in [-0.3, -0.25) is 10.1 Å². The second-order valence-electron chi connectivity index (χ2n) is 4.98. The van der Waals surface area contributed by atoms with Crippen LogP contribution < -0.4 is 10.6 Å². The van der Waals surface area contributed by atoms with Gasteiger partial charge in [-0.2, -0.15) is 0 Å². The third-order valence-corrected chi connectivity index (χ3v) is 4.19. The van der Waals surface area contributed by atoms with Gasteiger partial charge in [-0.05, 0) is 31.0 Å². The monoisotopic (exact) mass is 298 g/mol. The zero-order valence-corrected chi connectivity index (χ0v) is 12.1. The van der Waals surface area contributed by atoms with Gasteiger partial charge < -0.3 is 10.4 Å². The van der Waals surface area contributed by atoms with Gasteiger partial charge in [0.05, 0.1) is 12.1 Å². The molecule has 2 rings (SSSR count). The van der Waals surface area contributed by atoms with E-state index in [0.29, 0.717) is 12.0 Å². The predicted octanol–water partition coefficient (Wildman–Crippen LogP) is 1.42. The first-order valence-corrected chi connectivity index (χ1v) is 7.77. The molecule has 20 heavy (non-hydrogen) atoms. The number of amides is 1. The summed E-state index contributed by atoms with van der Waals surface area (Å²) in [6.07, 6.45) is -0.311. The van der Waals surface area contributed by atoms with Crippen LogP contribution in [0.5, 0.6) is 0 Å². The topological polar surface area (TPSA) is 61.4 Å². The van der Waals surface area contributed by atoms with Gasteiger partial charge in [0.25, 0.3) is 0 Å². The summed E-state index contributed by atoms with van der Waals surface area (Å²) >= 11 is 1.69. The van der Waals surface area contributed by atoms with Crippen LogP contribution in [0.2, 0.25) is 0 Å². The number of thioether (sulfide) groups is 1. The van der Waals surface area contributed by atoms with Crippen molar-refractivity contribution in [3.63, 3.8) is 0 Å². The van der Waals surface area contributed by atoms with Crippen molar-refractivity contribution in [1.29, 1.82) is 0 Å². The van der Waals surface area contributed by atoms with Crippen LogP contribution in [0.1, 0.15) is 25.0 Å². The standard InChI is InChI=1S/C14H19FN2O2S/c1-9(17-14(19)12-7-20-8-16-12)6-13(18)10-2-4-11(15)5-3-10/h2-5,9,12-13,16,18H,6-8H2,1H3,(H,17,19)/t9?,12-,13?/m1/s1. The Hall–Kier alpha value is -1.11. The van der Waals surface area contributed by atoms with Crippen LogP contribution in [0.25, 0.3) is 0 Å². The molecule has 2 unspecified atom stereocenters. The van der Waals surface area contributed by atoms with Crippen molar-refractivity contribution < 1.29 is 14.3 Å². The normalized spacial score (nSPS) is 21.4. The maximum atomic E-state index is 12.8. The predicted molar refractivity (Wildman–Crippen MR) is 77.8 cm³/mol. The van der Waals surface area contributed by atoms with Gasteiger partial charge in [0.1, 0.15) is 5.82 Å². The molecule has 0 bridgehead atoms. The van der Waals surface area contributed by atoms with E-state index in [1.807, 2.05) is 6.92 Å². The van der Waals surface area contributed by atoms with E-state index in [-0.39, 0.29) is 23.8 Å². The fourth-order valence-corrected chi connectivity index (χ4v) is 3.06. The molecular weight excluding hydrogens is 279 g/mol. The minimum atomic E-state index is -0.711. The summed E-state index contributed by atoms with van der Waals surface area (Å²) in [4.78, 5) is 11.9. The fourth-order valence-electron chi connectivity index (χ4n) is 2.12. The van der Waals surface area contributed by atoms with Crippen LogP contribution in [0.15, 0.2) is 24.3 Å². The summed E-state index contributed by atoms with van der Waals surface area (Å²) in [6.45, 7) is 1.85. The van der Waals surface area contributed by atoms with Gasteiger partial charge >= 0.3 is 0 Å². The van der Waals surface area contributed by atoms with Crippen LogP contribution in [0.4, 0.5) is 4.39 Å². The Morgan fingerprint density at radius 1 is 1.55 bits per heavy atom. The van der Waals surface area contributed by atoms with Crippen molar-refractivity contribution in [3.05, 3.63) is 35.6 Å². The molecule has 1 fully saturated rings. The third-order valence-electron chi connectivity index (χ3n) is 3.25. The number of hydrogen-bond acceptors (Lipinski definition) is 4. The number of benzene rings is 1. The summed E-state index contributed by atoms with van der Waals surface area (Å²) in [5, 5.41) is 16.1. The van der Waals surface area contributed by atoms with E-state index in [1.54, 1.807) is 23.9 Å². The first kappa shape index (κ1) is 15.3. The van der Waals surface area contributed by atoms with Gasteiger partial charge in [-0.15, -0.1) is 11.8 Å². The van der Waals surface area contributed by atoms with Crippen molar-refractivity contribution in [3.8, 4) is 0 Å². The lowest BCUT2D eigenvalue weighted by Crippen LogP contribution is -2.45. The lowest BCUT2D eigenvalue weighted by molar-refractivity contribution is -0.123. The molecule has 0 aromatic heterocycles. The number of carbonyl (C=O) groups is 1. The van der Waals surface area contributed by atoms with E-state index in [2.05, 4.69) is 10.6 Å². The van der Waals surface area contributed by atoms with Crippen molar-refractivity contribution in [2.45, 2.75) is 31.5 Å². The fraction of sp³-hybridized carbons (Fsp3) is 0.500. The number of carbonyl (C=O) groups excluding carboxylic acids is 1. The highest BCUT2D eigenvalue weighted by Gasteiger charge is 2.24. The van der Waals surface area contributed by atoms with Crippen LogP contribution in [-0.4, -0.2) is 34.7 Å². The minimum absolute atomic E-state index is 0.0335. The first-order chi connectivity index (χ1) is 9.56. The van der Waals surface area contributed by atoms with Gasteiger partial charge in [0.2, 0.25) is 5.91 Å². The molecule has 1 aliphatic heterocycles. The van der Waals surface area contributed by atoms with E-state index in [9.17, 15) is 14.3 Å². The first-order valence-electron chi connectivity index (χ1n) is 6.61. The molecule has 1 saturated heterocycles. The maximum Gasteiger partial charge on any atom is 0.238 e. The average molecular weight is 298 g/mol. The van der Waals surface area contributed by atoms with Crippen LogP contribution in [-0.2, 0) is 4.79 Å². The highest BCUT2D eigenvalue weighted by Crippen LogP contribution is 2.19. The van der Waals surface area contributed by atoms with Crippen LogP contribution >= 0.6 is 11.8 Å². The molecule has 3 atom stereocenters. The van der Waals surface area contributed by atoms with Crippen molar-refractivity contribution in [1.82, 2.24) is 10.6 Å². The zero-order valence-electron chi connectivity index (χ0n) is 11.3. The number of halogens is 1. The Bertz CT molecular complexity index is 449. The SMILES string of the molecule is CC(CC(O)c1ccc(F)cc1)NC(=O)[C@H]1CSCN1. The second-order valence-corrected chi connectivity index (χ2v) is 6.01. The maximum absolute atomic E-state index is 12.8. The molecule has 1 heterocycles. The molecule has 1 aromatic rings. The van der Waals surface area contributed by atoms with E-state index in [0.717, 1.165) is 11.6 Å². The Balaban J connectivity index is 1.82. The number of nitrogens with one attached hydrogen (secondary N) is 2. The van der Waals surface area contributed by atoms with Gasteiger partial charge in [-0.1, -0.05) is 12.1 Å². The average Bonchev–Trinajstić information content (AvgIpc) is 2.93. The van der Waals surface area contributed by atoms with E-state index >= 15 is 0 Å². The summed E-state index contributed by atoms with van der Waals surface area (Å²) in [6, 6.07) is 5.47. The number of hydrogen-bond donors (Lipinski definition) is 3. The molecule has 1 amide bonds. The Morgan fingerprint density at radius 3 is 2.85 bits per heavy atom. The second kappa shape index (κ2) is 7.06. The molecule has 0 aliphatic carbocycles. The molecule has 0 spiro atoms. The molecule has 0 saturated carbocycles. The molecule has 6 heteroatoms. The summed E-state index contributed by atoms with van der Waals surface area (Å²) in [5.74, 6) is 1.21. The van der Waals surface area contributed by atoms with E-state index < -0.39 is 6.10 Å². The molecule has 4 nitrogen and oxygen atoms in total. The van der Waals surface area contributed by atoms with Gasteiger partial charge in [0.15, 0.2) is 0 Å². The van der Waals surface area contributed by atoms with Crippen LogP contribution in [0.3, 0.4) is 0 Å². The largest absolute Gasteiger partial charge is 0.388 e. The zero-order chi connectivity index (χ0) is 14.5. The summed E-state index contributed by atoms with van der Waals surface area (Å²) in [7, 11) is 0. The lowest BCUT2D eigenvalue weighted by atomic mass is 10.0. The quantitative estimate of drug-likeness (QED) is 0.769. The minimum Gasteiger partial charge on any atom is -0.388 e. The Morgan fingerprint density at radius 2 is 2.25 bits per heavy atom. The molecule has 1 aromatic carbocycles. The highest BCUT2D eigenvalue weighted by molar-refractivity contribution is 7.99. The summed E-state index contributed by atoms with van der Waals surface area (Å²) in [5.41, 5.74) is 0.655. The Kier molecular flexibility index (Phi) is 5.39. The highest BCUT2D eigenvalue weighted by atomic mass is 32.2. The van der Waals surface area contributed by atoms with E-state index in [4.69, 9.17) is 0 Å². The molecule has 3 N–H and O–H groups in total. The van der Waals surface area contributed by atoms with Crippen molar-refractivity contribution >= 4 is 17.7 Å². The number of aliphatic hydroxyl groups is 1. The molecular formula is C14H19FN2O2S. The van der Waals surface area contributed by atoms with Crippen LogP contribution in [0, 0.1) is 5.82 Å². The smallest absolute Gasteiger partial charge is 0.238 e. The Labute approximate surface area is 122 Å². The number of aliphatic hydroxyl groups excluding tert-OH is 1. The van der Waals surface area contributed by atoms with Crippen molar-refractivity contribution in [2.75, 3.05) is 11.6 Å². The summed E-state index contributed by atoms with van der Waals surface area (Å²) < 4.78 is 12.8. The van der Waals surface area contributed by atoms with Gasteiger partial charge in [0, 0.05) is 17.7 Å². The third kappa shape index (κ3) is 4.19. The van der Waals surface area contributed by atoms with Gasteiger partial charge in [-0.25, -0.2) is 4.39 Å². The number of rotatable bonds is 5. The molecule has 1 aliphatic rings.